The fourth-order valence-electron chi connectivity index (χ4n) is 5.19. The molecule has 0 unspecified atom stereocenters. The Morgan fingerprint density at radius 1 is 0.977 bits per heavy atom. The molecule has 3 atom stereocenters. The summed E-state index contributed by atoms with van der Waals surface area (Å²) in [5, 5.41) is 12.2. The predicted molar refractivity (Wildman–Crippen MR) is 164 cm³/mol. The highest BCUT2D eigenvalue weighted by Gasteiger charge is 2.28. The molecular formula is C33H36N6O5. The third-order valence-electron chi connectivity index (χ3n) is 7.63. The molecule has 11 nitrogen and oxygen atoms in total. The molecule has 3 heterocycles. The van der Waals surface area contributed by atoms with Crippen LogP contribution in [0.15, 0.2) is 65.3 Å². The van der Waals surface area contributed by atoms with Crippen molar-refractivity contribution >= 4 is 34.5 Å². The lowest BCUT2D eigenvalue weighted by Crippen LogP contribution is -2.49. The molecular weight excluding hydrogens is 560 g/mol. The molecule has 4 aromatic rings. The normalized spacial score (nSPS) is 20.0. The standard InChI is InChI=1S/C33H36N6O5/c1-19-12-13-25-23(15-19)17-24(20(2)35-25)29(40)37-26-11-7-8-14-34-30(41)27(16-22-9-5-4-6-10-22)38-32(43)28-18-44-33(39-28)21(3)36-31(26)42/h4-6,9-10,12-13,15,17-18,21,26-27H,7-8,11,14,16H2,1-3H3,(H,34,41)(H,36,42)(H,37,40)(H,38,43)/t21-,26-,27-/m0/s1. The van der Waals surface area contributed by atoms with Crippen molar-refractivity contribution in [1.29, 1.82) is 0 Å². The molecule has 2 bridgehead atoms. The average molecular weight is 597 g/mol. The first-order chi connectivity index (χ1) is 21.2. The number of aryl methyl sites for hydroxylation is 2. The summed E-state index contributed by atoms with van der Waals surface area (Å²) in [6, 6.07) is 14.7. The summed E-state index contributed by atoms with van der Waals surface area (Å²) in [7, 11) is 0. The topological polar surface area (TPSA) is 155 Å². The lowest BCUT2D eigenvalue weighted by molar-refractivity contribution is -0.124. The van der Waals surface area contributed by atoms with E-state index in [9.17, 15) is 19.2 Å². The Morgan fingerprint density at radius 2 is 1.77 bits per heavy atom. The van der Waals surface area contributed by atoms with E-state index in [2.05, 4.69) is 31.2 Å². The van der Waals surface area contributed by atoms with Crippen LogP contribution in [0.5, 0.6) is 0 Å². The van der Waals surface area contributed by atoms with E-state index in [1.165, 1.54) is 6.26 Å². The van der Waals surface area contributed by atoms with E-state index in [4.69, 9.17) is 4.42 Å². The quantitative estimate of drug-likeness (QED) is 0.281. The van der Waals surface area contributed by atoms with E-state index in [0.717, 1.165) is 22.0 Å². The van der Waals surface area contributed by atoms with Crippen molar-refractivity contribution in [2.75, 3.05) is 6.54 Å². The summed E-state index contributed by atoms with van der Waals surface area (Å²) in [5.41, 5.74) is 3.65. The van der Waals surface area contributed by atoms with Crippen molar-refractivity contribution in [3.63, 3.8) is 0 Å². The zero-order chi connectivity index (χ0) is 31.2. The summed E-state index contributed by atoms with van der Waals surface area (Å²) >= 11 is 0. The summed E-state index contributed by atoms with van der Waals surface area (Å²) in [6.45, 7) is 5.75. The van der Waals surface area contributed by atoms with Crippen molar-refractivity contribution in [3.05, 3.63) is 94.8 Å². The maximum absolute atomic E-state index is 13.5. The minimum atomic E-state index is -0.871. The monoisotopic (exact) mass is 596 g/mol. The number of carbonyl (C=O) groups is 4. The molecule has 228 valence electrons. The van der Waals surface area contributed by atoms with Crippen LogP contribution in [0.3, 0.4) is 0 Å². The van der Waals surface area contributed by atoms with Crippen LogP contribution >= 0.6 is 0 Å². The molecule has 0 fully saturated rings. The maximum atomic E-state index is 13.5. The van der Waals surface area contributed by atoms with Gasteiger partial charge in [-0.3, -0.25) is 24.2 Å². The maximum Gasteiger partial charge on any atom is 0.273 e. The second-order valence-electron chi connectivity index (χ2n) is 11.1. The van der Waals surface area contributed by atoms with Crippen molar-refractivity contribution < 1.29 is 23.6 Å². The molecule has 4 amide bonds. The number of hydrogen-bond donors (Lipinski definition) is 4. The number of pyridine rings is 1. The second kappa shape index (κ2) is 13.5. The number of aromatic nitrogens is 2. The minimum absolute atomic E-state index is 0.0153. The SMILES string of the molecule is Cc1ccc2nc(C)c(C(=O)N[C@H]3CCCCNC(=O)[C@H](Cc4ccccc4)NC(=O)c4coc(n4)[C@H](C)NC3=O)cc2c1. The highest BCUT2D eigenvalue weighted by molar-refractivity contribution is 6.01. The van der Waals surface area contributed by atoms with E-state index in [1.807, 2.05) is 55.5 Å². The summed E-state index contributed by atoms with van der Waals surface area (Å²) in [4.78, 5) is 61.9. The van der Waals surface area contributed by atoms with Crippen LogP contribution in [0.2, 0.25) is 0 Å². The van der Waals surface area contributed by atoms with E-state index < -0.39 is 35.8 Å². The number of nitrogens with one attached hydrogen (secondary N) is 4. The first kappa shape index (κ1) is 30.4. The van der Waals surface area contributed by atoms with E-state index in [1.54, 1.807) is 19.9 Å². The summed E-state index contributed by atoms with van der Waals surface area (Å²) in [5.74, 6) is -1.61. The van der Waals surface area contributed by atoms with Crippen molar-refractivity contribution in [2.24, 2.45) is 0 Å². The molecule has 0 aliphatic carbocycles. The van der Waals surface area contributed by atoms with Gasteiger partial charge in [0.25, 0.3) is 11.8 Å². The number of fused-ring (bicyclic) bond motifs is 3. The van der Waals surface area contributed by atoms with Crippen LogP contribution in [0.25, 0.3) is 10.9 Å². The lowest BCUT2D eigenvalue weighted by Gasteiger charge is -2.21. The molecule has 11 heteroatoms. The van der Waals surface area contributed by atoms with Crippen molar-refractivity contribution in [3.8, 4) is 0 Å². The van der Waals surface area contributed by atoms with Crippen LogP contribution < -0.4 is 21.3 Å². The molecule has 2 aromatic heterocycles. The summed E-state index contributed by atoms with van der Waals surface area (Å²) in [6.07, 6.45) is 2.93. The fraction of sp³-hybridized carbons (Fsp3) is 0.333. The zero-order valence-electron chi connectivity index (χ0n) is 25.0. The largest absolute Gasteiger partial charge is 0.446 e. The molecule has 5 rings (SSSR count). The molecule has 0 saturated carbocycles. The summed E-state index contributed by atoms with van der Waals surface area (Å²) < 4.78 is 5.52. The van der Waals surface area contributed by atoms with Crippen LogP contribution in [-0.4, -0.2) is 52.2 Å². The Hall–Kier alpha value is -5.06. The second-order valence-corrected chi connectivity index (χ2v) is 11.1. The van der Waals surface area contributed by atoms with Crippen LogP contribution in [0, 0.1) is 13.8 Å². The predicted octanol–water partition coefficient (Wildman–Crippen LogP) is 3.46. The van der Waals surface area contributed by atoms with E-state index in [-0.39, 0.29) is 17.5 Å². The highest BCUT2D eigenvalue weighted by Crippen LogP contribution is 2.19. The van der Waals surface area contributed by atoms with Gasteiger partial charge in [-0.25, -0.2) is 4.98 Å². The molecule has 44 heavy (non-hydrogen) atoms. The molecule has 0 spiro atoms. The van der Waals surface area contributed by atoms with Gasteiger partial charge < -0.3 is 25.7 Å². The van der Waals surface area contributed by atoms with Gasteiger partial charge in [0.15, 0.2) is 5.69 Å². The van der Waals surface area contributed by atoms with Crippen molar-refractivity contribution in [2.45, 2.75) is 64.6 Å². The first-order valence-corrected chi connectivity index (χ1v) is 14.7. The third kappa shape index (κ3) is 7.28. The van der Waals surface area contributed by atoms with Gasteiger partial charge in [0.2, 0.25) is 17.7 Å². The van der Waals surface area contributed by atoms with Gasteiger partial charge in [0, 0.05) is 18.4 Å². The van der Waals surface area contributed by atoms with Gasteiger partial charge in [0.05, 0.1) is 16.8 Å². The van der Waals surface area contributed by atoms with Crippen LogP contribution in [0.4, 0.5) is 0 Å². The number of oxazole rings is 1. The molecule has 0 radical (unpaired) electrons. The Balaban J connectivity index is 1.35. The number of carbonyl (C=O) groups excluding carboxylic acids is 4. The van der Waals surface area contributed by atoms with E-state index in [0.29, 0.717) is 43.5 Å². The van der Waals surface area contributed by atoms with Gasteiger partial charge in [0.1, 0.15) is 24.4 Å². The number of rotatable bonds is 4. The number of nitrogens with zero attached hydrogens (tertiary/aromatic N) is 2. The Bertz CT molecular complexity index is 1680. The smallest absolute Gasteiger partial charge is 0.273 e. The highest BCUT2D eigenvalue weighted by atomic mass is 16.3. The minimum Gasteiger partial charge on any atom is -0.446 e. The Labute approximate surface area is 255 Å². The van der Waals surface area contributed by atoms with Crippen LogP contribution in [-0.2, 0) is 16.0 Å². The average Bonchev–Trinajstić information content (AvgIpc) is 3.51. The molecule has 0 saturated heterocycles. The number of benzene rings is 2. The Kier molecular flexibility index (Phi) is 9.32. The first-order valence-electron chi connectivity index (χ1n) is 14.7. The Morgan fingerprint density at radius 3 is 2.57 bits per heavy atom. The number of hydrogen-bond acceptors (Lipinski definition) is 7. The van der Waals surface area contributed by atoms with Gasteiger partial charge in [-0.05, 0) is 63.8 Å². The van der Waals surface area contributed by atoms with Crippen LogP contribution in [0.1, 0.15) is 75.8 Å². The molecule has 1 aliphatic heterocycles. The molecule has 4 N–H and O–H groups in total. The van der Waals surface area contributed by atoms with Gasteiger partial charge in [-0.15, -0.1) is 0 Å². The third-order valence-corrected chi connectivity index (χ3v) is 7.63. The van der Waals surface area contributed by atoms with Crippen molar-refractivity contribution in [1.82, 2.24) is 31.2 Å². The number of amides is 4. The van der Waals surface area contributed by atoms with Gasteiger partial charge >= 0.3 is 0 Å². The molecule has 2 aromatic carbocycles. The van der Waals surface area contributed by atoms with Gasteiger partial charge in [-0.2, -0.15) is 0 Å². The fourth-order valence-corrected chi connectivity index (χ4v) is 5.19. The lowest BCUT2D eigenvalue weighted by atomic mass is 10.0. The molecule has 1 aliphatic rings. The zero-order valence-corrected chi connectivity index (χ0v) is 25.0. The van der Waals surface area contributed by atoms with E-state index >= 15 is 0 Å². The van der Waals surface area contributed by atoms with Gasteiger partial charge in [-0.1, -0.05) is 42.0 Å².